The van der Waals surface area contributed by atoms with E-state index < -0.39 is 28.5 Å². The van der Waals surface area contributed by atoms with Crippen molar-refractivity contribution < 1.29 is 27.5 Å². The van der Waals surface area contributed by atoms with Gasteiger partial charge in [0, 0.05) is 13.1 Å². The first-order valence-corrected chi connectivity index (χ1v) is 15.0. The Morgan fingerprint density at radius 1 is 0.927 bits per heavy atom. The van der Waals surface area contributed by atoms with Crippen LogP contribution < -0.4 is 19.1 Å². The fraction of sp³-hybridized carbons (Fsp3) is 0.355. The Morgan fingerprint density at radius 2 is 1.59 bits per heavy atom. The van der Waals surface area contributed by atoms with Crippen LogP contribution in [0.2, 0.25) is 0 Å². The molecule has 0 aromatic heterocycles. The lowest BCUT2D eigenvalue weighted by atomic mass is 10.1. The molecule has 10 heteroatoms. The quantitative estimate of drug-likeness (QED) is 0.280. The maximum absolute atomic E-state index is 14.0. The molecule has 0 aliphatic carbocycles. The number of ether oxygens (including phenoxy) is 2. The lowest BCUT2D eigenvalue weighted by Gasteiger charge is -2.32. The molecular weight excluding hydrogens is 542 g/mol. The molecule has 2 amide bonds. The number of anilines is 1. The first kappa shape index (κ1) is 31.5. The van der Waals surface area contributed by atoms with Gasteiger partial charge in [-0.25, -0.2) is 8.42 Å². The molecular formula is C31H39N3O6S. The van der Waals surface area contributed by atoms with Gasteiger partial charge in [-0.05, 0) is 74.4 Å². The van der Waals surface area contributed by atoms with E-state index in [1.165, 1.54) is 24.1 Å². The summed E-state index contributed by atoms with van der Waals surface area (Å²) in [4.78, 5) is 28.5. The molecule has 0 spiro atoms. The van der Waals surface area contributed by atoms with E-state index in [1.54, 1.807) is 68.6 Å². The van der Waals surface area contributed by atoms with Gasteiger partial charge in [0.15, 0.2) is 0 Å². The molecule has 3 rings (SSSR count). The van der Waals surface area contributed by atoms with Crippen molar-refractivity contribution in [3.8, 4) is 11.5 Å². The summed E-state index contributed by atoms with van der Waals surface area (Å²) in [7, 11) is -1.07. The second-order valence-electron chi connectivity index (χ2n) is 9.72. The number of hydrogen-bond acceptors (Lipinski definition) is 6. The van der Waals surface area contributed by atoms with Crippen LogP contribution in [-0.2, 0) is 26.2 Å². The number of benzene rings is 3. The number of hydrogen-bond donors (Lipinski definition) is 1. The zero-order valence-electron chi connectivity index (χ0n) is 24.3. The van der Waals surface area contributed by atoms with Gasteiger partial charge in [-0.3, -0.25) is 13.9 Å². The summed E-state index contributed by atoms with van der Waals surface area (Å²) in [5, 5.41) is 2.88. The van der Waals surface area contributed by atoms with Gasteiger partial charge in [0.25, 0.3) is 10.0 Å². The van der Waals surface area contributed by atoms with Crippen molar-refractivity contribution in [2.45, 2.75) is 51.1 Å². The topological polar surface area (TPSA) is 105 Å². The van der Waals surface area contributed by atoms with Gasteiger partial charge >= 0.3 is 0 Å². The summed E-state index contributed by atoms with van der Waals surface area (Å²) < 4.78 is 39.4. The molecule has 0 fully saturated rings. The highest BCUT2D eigenvalue weighted by Crippen LogP contribution is 2.27. The molecule has 0 heterocycles. The Hall–Kier alpha value is -4.05. The summed E-state index contributed by atoms with van der Waals surface area (Å²) in [6.07, 6.45) is 1.72. The van der Waals surface area contributed by atoms with Crippen molar-refractivity contribution in [1.29, 1.82) is 0 Å². The molecule has 0 saturated carbocycles. The zero-order valence-corrected chi connectivity index (χ0v) is 25.1. The van der Waals surface area contributed by atoms with Crippen LogP contribution in [-0.4, -0.2) is 58.5 Å². The smallest absolute Gasteiger partial charge is 0.264 e. The number of unbranched alkanes of at least 4 members (excludes halogenated alkanes) is 1. The van der Waals surface area contributed by atoms with Crippen molar-refractivity contribution in [2.24, 2.45) is 0 Å². The Morgan fingerprint density at radius 3 is 2.20 bits per heavy atom. The van der Waals surface area contributed by atoms with E-state index in [-0.39, 0.29) is 17.3 Å². The average molecular weight is 582 g/mol. The Labute approximate surface area is 243 Å². The minimum Gasteiger partial charge on any atom is -0.497 e. The van der Waals surface area contributed by atoms with E-state index in [0.29, 0.717) is 23.7 Å². The third kappa shape index (κ3) is 8.23. The molecule has 3 aromatic rings. The molecule has 0 bridgehead atoms. The van der Waals surface area contributed by atoms with E-state index in [2.05, 4.69) is 5.32 Å². The van der Waals surface area contributed by atoms with E-state index in [9.17, 15) is 18.0 Å². The van der Waals surface area contributed by atoms with Gasteiger partial charge in [-0.2, -0.15) is 0 Å². The van der Waals surface area contributed by atoms with Crippen molar-refractivity contribution >= 4 is 27.5 Å². The number of sulfonamides is 1. The van der Waals surface area contributed by atoms with Gasteiger partial charge in [0.1, 0.15) is 24.1 Å². The summed E-state index contributed by atoms with van der Waals surface area (Å²) >= 11 is 0. The van der Waals surface area contributed by atoms with Crippen LogP contribution >= 0.6 is 0 Å². The van der Waals surface area contributed by atoms with Crippen LogP contribution in [0, 0.1) is 6.92 Å². The first-order chi connectivity index (χ1) is 19.6. The van der Waals surface area contributed by atoms with Gasteiger partial charge in [0.2, 0.25) is 11.8 Å². The van der Waals surface area contributed by atoms with Crippen molar-refractivity contribution in [2.75, 3.05) is 31.6 Å². The molecule has 1 N–H and O–H groups in total. The van der Waals surface area contributed by atoms with Gasteiger partial charge in [-0.1, -0.05) is 43.2 Å². The summed E-state index contributed by atoms with van der Waals surface area (Å²) in [6.45, 7) is 5.59. The molecule has 41 heavy (non-hydrogen) atoms. The maximum atomic E-state index is 14.0. The molecule has 0 saturated heterocycles. The van der Waals surface area contributed by atoms with Crippen molar-refractivity contribution in [3.63, 3.8) is 0 Å². The molecule has 1 atom stereocenters. The highest BCUT2D eigenvalue weighted by atomic mass is 32.2. The van der Waals surface area contributed by atoms with Crippen LogP contribution in [0.25, 0.3) is 0 Å². The molecule has 1 unspecified atom stereocenters. The number of nitrogens with zero attached hydrogens (tertiary/aromatic N) is 2. The molecule has 220 valence electrons. The van der Waals surface area contributed by atoms with Gasteiger partial charge in [0.05, 0.1) is 24.8 Å². The minimum absolute atomic E-state index is 0.0522. The third-order valence-corrected chi connectivity index (χ3v) is 8.52. The Kier molecular flexibility index (Phi) is 11.2. The predicted molar refractivity (Wildman–Crippen MR) is 160 cm³/mol. The Balaban J connectivity index is 2.01. The summed E-state index contributed by atoms with van der Waals surface area (Å²) in [6, 6.07) is 19.2. The highest BCUT2D eigenvalue weighted by Gasteiger charge is 2.32. The van der Waals surface area contributed by atoms with Crippen LogP contribution in [0.4, 0.5) is 5.69 Å². The first-order valence-electron chi connectivity index (χ1n) is 13.5. The van der Waals surface area contributed by atoms with E-state index in [0.717, 1.165) is 28.3 Å². The van der Waals surface area contributed by atoms with Crippen LogP contribution in [0.3, 0.4) is 0 Å². The zero-order chi connectivity index (χ0) is 30.0. The predicted octanol–water partition coefficient (Wildman–Crippen LogP) is 4.54. The van der Waals surface area contributed by atoms with E-state index in [1.807, 2.05) is 19.9 Å². The number of methoxy groups -OCH3 is 2. The second kappa shape index (κ2) is 14.5. The van der Waals surface area contributed by atoms with E-state index >= 15 is 0 Å². The summed E-state index contributed by atoms with van der Waals surface area (Å²) in [5.74, 6) is 0.311. The molecule has 0 radical (unpaired) electrons. The average Bonchev–Trinajstić information content (AvgIpc) is 2.98. The third-order valence-electron chi connectivity index (χ3n) is 6.73. The van der Waals surface area contributed by atoms with Crippen LogP contribution in [0.15, 0.2) is 77.7 Å². The van der Waals surface area contributed by atoms with Gasteiger partial charge < -0.3 is 19.7 Å². The van der Waals surface area contributed by atoms with Gasteiger partial charge in [-0.15, -0.1) is 0 Å². The fourth-order valence-corrected chi connectivity index (χ4v) is 5.62. The SMILES string of the molecule is CCCCNC(=O)C(C)N(Cc1cccc(OC)c1)C(=O)CN(c1ccc(OC)cc1)S(=O)(=O)c1ccc(C)cc1. The Bertz CT molecular complexity index is 1410. The lowest BCUT2D eigenvalue weighted by molar-refractivity contribution is -0.139. The largest absolute Gasteiger partial charge is 0.497 e. The number of carbonyl (C=O) groups is 2. The number of carbonyl (C=O) groups excluding carboxylic acids is 2. The van der Waals surface area contributed by atoms with Crippen molar-refractivity contribution in [1.82, 2.24) is 10.2 Å². The molecule has 0 aliphatic rings. The number of aryl methyl sites for hydroxylation is 1. The maximum Gasteiger partial charge on any atom is 0.264 e. The lowest BCUT2D eigenvalue weighted by Crippen LogP contribution is -2.51. The van der Waals surface area contributed by atoms with Crippen LogP contribution in [0.5, 0.6) is 11.5 Å². The normalized spacial score (nSPS) is 11.8. The number of amides is 2. The fourth-order valence-electron chi connectivity index (χ4n) is 4.20. The molecule has 3 aromatic carbocycles. The molecule has 0 aliphatic heterocycles. The monoisotopic (exact) mass is 581 g/mol. The second-order valence-corrected chi connectivity index (χ2v) is 11.6. The minimum atomic E-state index is -4.14. The number of nitrogens with one attached hydrogen (secondary N) is 1. The highest BCUT2D eigenvalue weighted by molar-refractivity contribution is 7.92. The standard InChI is InChI=1S/C31H39N3O6S/c1-6-7-19-32-31(36)24(3)33(21-25-9-8-10-28(20-25)40-5)30(35)22-34(26-13-15-27(39-4)16-14-26)41(37,38)29-17-11-23(2)12-18-29/h8-18,20,24H,6-7,19,21-22H2,1-5H3,(H,32,36). The van der Waals surface area contributed by atoms with E-state index in [4.69, 9.17) is 9.47 Å². The number of rotatable bonds is 14. The molecule has 9 nitrogen and oxygen atoms in total. The van der Waals surface area contributed by atoms with Crippen LogP contribution in [0.1, 0.15) is 37.8 Å². The summed E-state index contributed by atoms with van der Waals surface area (Å²) in [5.41, 5.74) is 1.94. The van der Waals surface area contributed by atoms with Crippen molar-refractivity contribution in [3.05, 3.63) is 83.9 Å².